The molecule has 0 saturated carbocycles. The molecule has 2 aromatic carbocycles. The number of carbonyl (C=O) groups is 1. The molecule has 3 aromatic rings. The summed E-state index contributed by atoms with van der Waals surface area (Å²) in [5, 5.41) is 3.28. The van der Waals surface area contributed by atoms with E-state index in [9.17, 15) is 9.59 Å². The van der Waals surface area contributed by atoms with Gasteiger partial charge in [-0.3, -0.25) is 14.2 Å². The standard InChI is InChI=1S/C21H21N3O3S/c1-4-12-22-19(25)14(2)28-21-23-18-11-6-5-10-17(18)20(26)24(21)15-8-7-9-16(13-15)27-3/h4-11,13-14H,1,12H2,2-3H3,(H,22,25). The van der Waals surface area contributed by atoms with Crippen LogP contribution >= 0.6 is 11.8 Å². The molecule has 1 amide bonds. The van der Waals surface area contributed by atoms with Gasteiger partial charge >= 0.3 is 0 Å². The Kier molecular flexibility index (Phi) is 6.16. The van der Waals surface area contributed by atoms with E-state index in [-0.39, 0.29) is 11.5 Å². The summed E-state index contributed by atoms with van der Waals surface area (Å²) in [6.07, 6.45) is 1.62. The minimum atomic E-state index is -0.440. The number of amides is 1. The lowest BCUT2D eigenvalue weighted by Crippen LogP contribution is -2.32. The number of thioether (sulfide) groups is 1. The monoisotopic (exact) mass is 395 g/mol. The van der Waals surface area contributed by atoms with Gasteiger partial charge in [-0.15, -0.1) is 6.58 Å². The van der Waals surface area contributed by atoms with Gasteiger partial charge in [-0.05, 0) is 31.2 Å². The first-order valence-corrected chi connectivity index (χ1v) is 9.64. The summed E-state index contributed by atoms with van der Waals surface area (Å²) in [5.41, 5.74) is 1.02. The third-order valence-electron chi connectivity index (χ3n) is 4.13. The maximum Gasteiger partial charge on any atom is 0.266 e. The molecule has 0 aliphatic heterocycles. The minimum Gasteiger partial charge on any atom is -0.497 e. The largest absolute Gasteiger partial charge is 0.497 e. The van der Waals surface area contributed by atoms with Gasteiger partial charge in [-0.1, -0.05) is 36.0 Å². The summed E-state index contributed by atoms with van der Waals surface area (Å²) < 4.78 is 6.81. The van der Waals surface area contributed by atoms with Crippen LogP contribution in [0.2, 0.25) is 0 Å². The molecule has 144 valence electrons. The third kappa shape index (κ3) is 4.09. The molecule has 0 bridgehead atoms. The number of rotatable bonds is 7. The molecule has 1 heterocycles. The fraction of sp³-hybridized carbons (Fsp3) is 0.190. The van der Waals surface area contributed by atoms with E-state index in [0.717, 1.165) is 0 Å². The highest BCUT2D eigenvalue weighted by Gasteiger charge is 2.20. The fourth-order valence-electron chi connectivity index (χ4n) is 2.70. The summed E-state index contributed by atoms with van der Waals surface area (Å²) in [6, 6.07) is 14.4. The van der Waals surface area contributed by atoms with Gasteiger partial charge in [0.05, 0.1) is 29.0 Å². The van der Waals surface area contributed by atoms with Crippen LogP contribution in [0.1, 0.15) is 6.92 Å². The number of aromatic nitrogens is 2. The molecule has 0 aliphatic rings. The number of para-hydroxylation sites is 1. The molecular formula is C21H21N3O3S. The van der Waals surface area contributed by atoms with Gasteiger partial charge < -0.3 is 10.1 Å². The molecule has 0 spiro atoms. The number of nitrogens with one attached hydrogen (secondary N) is 1. The lowest BCUT2D eigenvalue weighted by molar-refractivity contribution is -0.120. The Hall–Kier alpha value is -3.06. The Balaban J connectivity index is 2.13. The van der Waals surface area contributed by atoms with E-state index in [1.807, 2.05) is 18.2 Å². The summed E-state index contributed by atoms with van der Waals surface area (Å²) in [5.74, 6) is 0.481. The van der Waals surface area contributed by atoms with Gasteiger partial charge in [-0.25, -0.2) is 4.98 Å². The number of fused-ring (bicyclic) bond motifs is 1. The van der Waals surface area contributed by atoms with Crippen molar-refractivity contribution in [3.05, 3.63) is 71.5 Å². The maximum absolute atomic E-state index is 13.2. The normalized spacial score (nSPS) is 11.8. The van der Waals surface area contributed by atoms with Crippen LogP contribution in [0.4, 0.5) is 0 Å². The third-order valence-corrected chi connectivity index (χ3v) is 5.18. The maximum atomic E-state index is 13.2. The van der Waals surface area contributed by atoms with Gasteiger partial charge in [0.25, 0.3) is 5.56 Å². The quantitative estimate of drug-likeness (QED) is 0.378. The van der Waals surface area contributed by atoms with Crippen LogP contribution in [-0.2, 0) is 4.79 Å². The second kappa shape index (κ2) is 8.75. The van der Waals surface area contributed by atoms with Crippen LogP contribution in [0.25, 0.3) is 16.6 Å². The number of nitrogens with zero attached hydrogens (tertiary/aromatic N) is 2. The van der Waals surface area contributed by atoms with Gasteiger partial charge in [0, 0.05) is 12.6 Å². The highest BCUT2D eigenvalue weighted by atomic mass is 32.2. The Labute approximate surface area is 167 Å². The number of carbonyl (C=O) groups excluding carboxylic acids is 1. The summed E-state index contributed by atoms with van der Waals surface area (Å²) in [6.45, 7) is 5.77. The lowest BCUT2D eigenvalue weighted by atomic mass is 10.2. The zero-order valence-corrected chi connectivity index (χ0v) is 16.5. The molecule has 0 aliphatic carbocycles. The topological polar surface area (TPSA) is 73.2 Å². The Morgan fingerprint density at radius 1 is 1.32 bits per heavy atom. The average Bonchev–Trinajstić information content (AvgIpc) is 2.72. The number of benzene rings is 2. The molecule has 1 N–H and O–H groups in total. The van der Waals surface area contributed by atoms with Crippen molar-refractivity contribution in [2.45, 2.75) is 17.3 Å². The number of methoxy groups -OCH3 is 1. The molecule has 1 unspecified atom stereocenters. The van der Waals surface area contributed by atoms with Crippen molar-refractivity contribution in [1.29, 1.82) is 0 Å². The smallest absolute Gasteiger partial charge is 0.266 e. The van der Waals surface area contributed by atoms with Crippen molar-refractivity contribution in [2.24, 2.45) is 0 Å². The Morgan fingerprint density at radius 3 is 2.86 bits per heavy atom. The van der Waals surface area contributed by atoms with Gasteiger partial charge in [-0.2, -0.15) is 0 Å². The van der Waals surface area contributed by atoms with Crippen LogP contribution in [0.15, 0.2) is 71.1 Å². The fourth-order valence-corrected chi connectivity index (χ4v) is 3.65. The van der Waals surface area contributed by atoms with Gasteiger partial charge in [0.2, 0.25) is 5.91 Å². The molecule has 0 saturated heterocycles. The van der Waals surface area contributed by atoms with E-state index < -0.39 is 5.25 Å². The molecule has 3 rings (SSSR count). The summed E-state index contributed by atoms with van der Waals surface area (Å²) in [4.78, 5) is 30.2. The predicted molar refractivity (Wildman–Crippen MR) is 112 cm³/mol. The zero-order chi connectivity index (χ0) is 20.1. The van der Waals surface area contributed by atoms with Crippen LogP contribution in [0.5, 0.6) is 5.75 Å². The van der Waals surface area contributed by atoms with Crippen molar-refractivity contribution >= 4 is 28.6 Å². The molecule has 0 radical (unpaired) electrons. The minimum absolute atomic E-state index is 0.149. The van der Waals surface area contributed by atoms with Crippen molar-refractivity contribution in [3.63, 3.8) is 0 Å². The number of hydrogen-bond donors (Lipinski definition) is 1. The van der Waals surface area contributed by atoms with Crippen molar-refractivity contribution < 1.29 is 9.53 Å². The molecule has 7 heteroatoms. The van der Waals surface area contributed by atoms with Gasteiger partial charge in [0.15, 0.2) is 5.16 Å². The van der Waals surface area contributed by atoms with Crippen LogP contribution in [0, 0.1) is 0 Å². The van der Waals surface area contributed by atoms with Crippen LogP contribution in [0.3, 0.4) is 0 Å². The molecule has 1 aromatic heterocycles. The first-order valence-electron chi connectivity index (χ1n) is 8.76. The van der Waals surface area contributed by atoms with E-state index >= 15 is 0 Å². The lowest BCUT2D eigenvalue weighted by Gasteiger charge is -2.16. The first-order chi connectivity index (χ1) is 13.5. The average molecular weight is 395 g/mol. The summed E-state index contributed by atoms with van der Waals surface area (Å²) in [7, 11) is 1.57. The Morgan fingerprint density at radius 2 is 2.11 bits per heavy atom. The van der Waals surface area contributed by atoms with Crippen LogP contribution in [-0.4, -0.2) is 34.4 Å². The second-order valence-electron chi connectivity index (χ2n) is 6.05. The van der Waals surface area contributed by atoms with Gasteiger partial charge in [0.1, 0.15) is 5.75 Å². The zero-order valence-electron chi connectivity index (χ0n) is 15.7. The van der Waals surface area contributed by atoms with Crippen molar-refractivity contribution in [3.8, 4) is 11.4 Å². The Bertz CT molecular complexity index is 1080. The van der Waals surface area contributed by atoms with E-state index in [4.69, 9.17) is 4.74 Å². The first kappa shape index (κ1) is 19.7. The highest BCUT2D eigenvalue weighted by molar-refractivity contribution is 8.00. The van der Waals surface area contributed by atoms with E-state index in [1.54, 1.807) is 50.4 Å². The summed E-state index contributed by atoms with van der Waals surface area (Å²) >= 11 is 1.23. The molecular weight excluding hydrogens is 374 g/mol. The SMILES string of the molecule is C=CCNC(=O)C(C)Sc1nc2ccccc2c(=O)n1-c1cccc(OC)c1. The highest BCUT2D eigenvalue weighted by Crippen LogP contribution is 2.26. The molecule has 6 nitrogen and oxygen atoms in total. The second-order valence-corrected chi connectivity index (χ2v) is 7.36. The van der Waals surface area contributed by atoms with Crippen LogP contribution < -0.4 is 15.6 Å². The van der Waals surface area contributed by atoms with E-state index in [2.05, 4.69) is 16.9 Å². The number of hydrogen-bond acceptors (Lipinski definition) is 5. The number of ether oxygens (including phenoxy) is 1. The predicted octanol–water partition coefficient (Wildman–Crippen LogP) is 3.18. The van der Waals surface area contributed by atoms with E-state index in [0.29, 0.717) is 34.0 Å². The molecule has 1 atom stereocenters. The molecule has 0 fully saturated rings. The van der Waals surface area contributed by atoms with E-state index in [1.165, 1.54) is 16.3 Å². The van der Waals surface area contributed by atoms with Crippen molar-refractivity contribution in [2.75, 3.05) is 13.7 Å². The molecule has 28 heavy (non-hydrogen) atoms. The van der Waals surface area contributed by atoms with Crippen molar-refractivity contribution in [1.82, 2.24) is 14.9 Å².